The summed E-state index contributed by atoms with van der Waals surface area (Å²) < 4.78 is 5.16. The molecule has 2 aromatic rings. The molecule has 1 saturated carbocycles. The van der Waals surface area contributed by atoms with Gasteiger partial charge in [0.25, 0.3) is 0 Å². The van der Waals surface area contributed by atoms with Crippen molar-refractivity contribution >= 4 is 23.1 Å². The van der Waals surface area contributed by atoms with E-state index in [0.717, 1.165) is 41.8 Å². The van der Waals surface area contributed by atoms with Crippen LogP contribution in [0.25, 0.3) is 10.4 Å². The fourth-order valence-electron chi connectivity index (χ4n) is 3.22. The van der Waals surface area contributed by atoms with Gasteiger partial charge < -0.3 is 15.8 Å². The highest BCUT2D eigenvalue weighted by atomic mass is 32.1. The average Bonchev–Trinajstić information content (AvgIpc) is 3.05. The number of rotatable bonds is 4. The summed E-state index contributed by atoms with van der Waals surface area (Å²) in [6.07, 6.45) is 5.51. The van der Waals surface area contributed by atoms with E-state index in [1.807, 2.05) is 44.3 Å². The van der Waals surface area contributed by atoms with Crippen LogP contribution in [0.2, 0.25) is 0 Å². The van der Waals surface area contributed by atoms with Crippen molar-refractivity contribution in [1.82, 2.24) is 10.3 Å². The number of aromatic nitrogens is 1. The van der Waals surface area contributed by atoms with Crippen LogP contribution in [0, 0.1) is 0 Å². The summed E-state index contributed by atoms with van der Waals surface area (Å²) in [6.45, 7) is 3.71. The van der Waals surface area contributed by atoms with Crippen molar-refractivity contribution in [3.63, 3.8) is 0 Å². The largest absolute Gasteiger partial charge is 0.447 e. The van der Waals surface area contributed by atoms with E-state index in [0.29, 0.717) is 5.92 Å². The first kappa shape index (κ1) is 17.7. The second-order valence-electron chi connectivity index (χ2n) is 6.80. The highest BCUT2D eigenvalue weighted by Crippen LogP contribution is 2.38. The van der Waals surface area contributed by atoms with Crippen molar-refractivity contribution < 1.29 is 9.53 Å². The topological polar surface area (TPSA) is 77.2 Å². The predicted molar refractivity (Wildman–Crippen MR) is 102 cm³/mol. The number of anilines is 1. The maximum Gasteiger partial charge on any atom is 0.407 e. The van der Waals surface area contributed by atoms with Gasteiger partial charge >= 0.3 is 6.09 Å². The molecule has 1 aliphatic rings. The lowest BCUT2D eigenvalue weighted by molar-refractivity contribution is 0.109. The number of nitrogens with two attached hydrogens (primary N) is 1. The Morgan fingerprint density at radius 1 is 1.28 bits per heavy atom. The van der Waals surface area contributed by atoms with Gasteiger partial charge in [0.2, 0.25) is 0 Å². The zero-order chi connectivity index (χ0) is 17.8. The van der Waals surface area contributed by atoms with E-state index in [2.05, 4.69) is 10.3 Å². The monoisotopic (exact) mass is 359 g/mol. The Balaban J connectivity index is 1.57. The molecule has 25 heavy (non-hydrogen) atoms. The zero-order valence-electron chi connectivity index (χ0n) is 14.7. The molecule has 134 valence electrons. The summed E-state index contributed by atoms with van der Waals surface area (Å²) in [5.41, 5.74) is 7.91. The SMILES string of the molecule is CC(C)OC(=O)NC1CCC(c2ncc(-c3ccccc3N)s2)CC1. The lowest BCUT2D eigenvalue weighted by Crippen LogP contribution is -2.38. The first-order valence-corrected chi connectivity index (χ1v) is 9.62. The number of nitrogens with one attached hydrogen (secondary N) is 1. The van der Waals surface area contributed by atoms with E-state index < -0.39 is 0 Å². The van der Waals surface area contributed by atoms with Gasteiger partial charge in [-0.25, -0.2) is 9.78 Å². The van der Waals surface area contributed by atoms with E-state index in [1.165, 1.54) is 5.01 Å². The molecule has 1 fully saturated rings. The zero-order valence-corrected chi connectivity index (χ0v) is 15.5. The minimum Gasteiger partial charge on any atom is -0.447 e. The van der Waals surface area contributed by atoms with E-state index in [-0.39, 0.29) is 18.2 Å². The lowest BCUT2D eigenvalue weighted by Gasteiger charge is -2.28. The van der Waals surface area contributed by atoms with Gasteiger partial charge in [-0.05, 0) is 45.6 Å². The number of hydrogen-bond donors (Lipinski definition) is 2. The Kier molecular flexibility index (Phi) is 5.58. The van der Waals surface area contributed by atoms with Gasteiger partial charge in [0.15, 0.2) is 0 Å². The number of hydrogen-bond acceptors (Lipinski definition) is 5. The molecule has 3 rings (SSSR count). The number of nitrogens with zero attached hydrogens (tertiary/aromatic N) is 1. The maximum atomic E-state index is 11.7. The second-order valence-corrected chi connectivity index (χ2v) is 7.86. The standard InChI is InChI=1S/C19H25N3O2S/c1-12(2)24-19(23)22-14-9-7-13(8-10-14)18-21-11-17(25-18)15-5-3-4-6-16(15)20/h3-6,11-14H,7-10,20H2,1-2H3,(H,22,23). The molecule has 0 radical (unpaired) electrons. The molecule has 0 atom stereocenters. The first-order valence-electron chi connectivity index (χ1n) is 8.80. The maximum absolute atomic E-state index is 11.7. The lowest BCUT2D eigenvalue weighted by atomic mass is 9.86. The van der Waals surface area contributed by atoms with Gasteiger partial charge in [-0.15, -0.1) is 11.3 Å². The number of ether oxygens (including phenoxy) is 1. The summed E-state index contributed by atoms with van der Waals surface area (Å²) in [5, 5.41) is 4.13. The molecule has 0 bridgehead atoms. The van der Waals surface area contributed by atoms with Crippen LogP contribution in [-0.2, 0) is 4.74 Å². The van der Waals surface area contributed by atoms with E-state index in [4.69, 9.17) is 10.5 Å². The summed E-state index contributed by atoms with van der Waals surface area (Å²) in [7, 11) is 0. The molecule has 1 amide bonds. The molecular weight excluding hydrogens is 334 g/mol. The average molecular weight is 359 g/mol. The van der Waals surface area contributed by atoms with Crippen LogP contribution in [0.5, 0.6) is 0 Å². The minimum absolute atomic E-state index is 0.0875. The van der Waals surface area contributed by atoms with Crippen LogP contribution < -0.4 is 11.1 Å². The van der Waals surface area contributed by atoms with Crippen molar-refractivity contribution in [3.8, 4) is 10.4 Å². The quantitative estimate of drug-likeness (QED) is 0.785. The summed E-state index contributed by atoms with van der Waals surface area (Å²) in [6, 6.07) is 8.10. The predicted octanol–water partition coefficient (Wildman–Crippen LogP) is 4.55. The molecule has 0 spiro atoms. The van der Waals surface area contributed by atoms with Gasteiger partial charge in [0, 0.05) is 29.4 Å². The van der Waals surface area contributed by atoms with Gasteiger partial charge in [-0.2, -0.15) is 0 Å². The van der Waals surface area contributed by atoms with E-state index >= 15 is 0 Å². The van der Waals surface area contributed by atoms with Crippen LogP contribution in [0.3, 0.4) is 0 Å². The van der Waals surface area contributed by atoms with Gasteiger partial charge in [-0.3, -0.25) is 0 Å². The smallest absolute Gasteiger partial charge is 0.407 e. The summed E-state index contributed by atoms with van der Waals surface area (Å²) in [4.78, 5) is 17.5. The van der Waals surface area contributed by atoms with Crippen LogP contribution >= 0.6 is 11.3 Å². The summed E-state index contributed by atoms with van der Waals surface area (Å²) >= 11 is 1.73. The molecule has 1 heterocycles. The van der Waals surface area contributed by atoms with Crippen molar-refractivity contribution in [3.05, 3.63) is 35.5 Å². The number of carbonyl (C=O) groups is 1. The second kappa shape index (κ2) is 7.87. The molecule has 3 N–H and O–H groups in total. The third-order valence-corrected chi connectivity index (χ3v) is 5.68. The minimum atomic E-state index is -0.311. The molecule has 0 unspecified atom stereocenters. The fraction of sp³-hybridized carbons (Fsp3) is 0.474. The normalized spacial score (nSPS) is 20.4. The number of carbonyl (C=O) groups excluding carboxylic acids is 1. The Morgan fingerprint density at radius 3 is 2.68 bits per heavy atom. The Labute approximate surface area is 152 Å². The van der Waals surface area contributed by atoms with Crippen LogP contribution in [0.15, 0.2) is 30.5 Å². The number of nitrogen functional groups attached to an aromatic ring is 1. The van der Waals surface area contributed by atoms with Gasteiger partial charge in [0.05, 0.1) is 16.0 Å². The Morgan fingerprint density at radius 2 is 2.00 bits per heavy atom. The number of amides is 1. The van der Waals surface area contributed by atoms with Crippen LogP contribution in [0.1, 0.15) is 50.5 Å². The van der Waals surface area contributed by atoms with Crippen LogP contribution in [0.4, 0.5) is 10.5 Å². The Hall–Kier alpha value is -2.08. The molecule has 1 aliphatic carbocycles. The first-order chi connectivity index (χ1) is 12.0. The molecule has 1 aromatic carbocycles. The van der Waals surface area contributed by atoms with Crippen LogP contribution in [-0.4, -0.2) is 23.2 Å². The number of alkyl carbamates (subject to hydrolysis) is 1. The van der Waals surface area contributed by atoms with Crippen molar-refractivity contribution in [1.29, 1.82) is 0 Å². The number of thiazole rings is 1. The third-order valence-electron chi connectivity index (χ3n) is 4.49. The number of benzene rings is 1. The van der Waals surface area contributed by atoms with E-state index in [9.17, 15) is 4.79 Å². The van der Waals surface area contributed by atoms with Gasteiger partial charge in [0.1, 0.15) is 0 Å². The van der Waals surface area contributed by atoms with Gasteiger partial charge in [-0.1, -0.05) is 18.2 Å². The van der Waals surface area contributed by atoms with E-state index in [1.54, 1.807) is 11.3 Å². The highest BCUT2D eigenvalue weighted by Gasteiger charge is 2.26. The molecule has 1 aromatic heterocycles. The molecular formula is C19H25N3O2S. The fourth-order valence-corrected chi connectivity index (χ4v) is 4.36. The highest BCUT2D eigenvalue weighted by molar-refractivity contribution is 7.15. The van der Waals surface area contributed by atoms with Crippen molar-refractivity contribution in [2.75, 3.05) is 5.73 Å². The summed E-state index contributed by atoms with van der Waals surface area (Å²) in [5.74, 6) is 0.461. The molecule has 6 heteroatoms. The molecule has 0 aliphatic heterocycles. The Bertz CT molecular complexity index is 721. The third kappa shape index (κ3) is 4.51. The molecule has 5 nitrogen and oxygen atoms in total. The van der Waals surface area contributed by atoms with Crippen molar-refractivity contribution in [2.24, 2.45) is 0 Å². The molecule has 0 saturated heterocycles. The number of para-hydroxylation sites is 1. The van der Waals surface area contributed by atoms with Crippen molar-refractivity contribution in [2.45, 2.75) is 57.6 Å².